The van der Waals surface area contributed by atoms with Crippen LogP contribution in [-0.2, 0) is 11.2 Å². The molecule has 0 fully saturated rings. The maximum Gasteiger partial charge on any atom is 0.193 e. The summed E-state index contributed by atoms with van der Waals surface area (Å²) in [5.41, 5.74) is 1.10. The molecule has 14 heavy (non-hydrogen) atoms. The number of benzene rings is 1. The number of rotatable bonds is 4. The second-order valence-electron chi connectivity index (χ2n) is 3.37. The van der Waals surface area contributed by atoms with Crippen molar-refractivity contribution in [3.63, 3.8) is 0 Å². The Morgan fingerprint density at radius 2 is 2.00 bits per heavy atom. The first kappa shape index (κ1) is 11.3. The Morgan fingerprint density at radius 1 is 1.36 bits per heavy atom. The highest BCUT2D eigenvalue weighted by atomic mass is 32.2. The fraction of sp³-hybridized carbons (Fsp3) is 0.417. The summed E-state index contributed by atoms with van der Waals surface area (Å²) in [6.07, 6.45) is 1.60. The highest BCUT2D eigenvalue weighted by Crippen LogP contribution is 2.17. The molecule has 0 N–H and O–H groups in total. The standard InChI is InChI=1S/C12H16OS/c1-3-10(2)14-12(13)9-11-7-5-4-6-8-11/h4-8,10H,3,9H2,1-2H3. The summed E-state index contributed by atoms with van der Waals surface area (Å²) in [4.78, 5) is 11.5. The molecule has 0 saturated carbocycles. The summed E-state index contributed by atoms with van der Waals surface area (Å²) < 4.78 is 0. The molecule has 1 aromatic carbocycles. The van der Waals surface area contributed by atoms with Crippen LogP contribution in [0.5, 0.6) is 0 Å². The highest BCUT2D eigenvalue weighted by molar-refractivity contribution is 8.14. The summed E-state index contributed by atoms with van der Waals surface area (Å²) in [7, 11) is 0. The van der Waals surface area contributed by atoms with Gasteiger partial charge in [0, 0.05) is 11.7 Å². The topological polar surface area (TPSA) is 17.1 Å². The van der Waals surface area contributed by atoms with Crippen molar-refractivity contribution in [1.82, 2.24) is 0 Å². The maximum absolute atomic E-state index is 11.5. The van der Waals surface area contributed by atoms with Crippen LogP contribution in [0.3, 0.4) is 0 Å². The third-order valence-electron chi connectivity index (χ3n) is 2.10. The van der Waals surface area contributed by atoms with Gasteiger partial charge in [-0.2, -0.15) is 0 Å². The number of thioether (sulfide) groups is 1. The predicted molar refractivity (Wildman–Crippen MR) is 62.5 cm³/mol. The lowest BCUT2D eigenvalue weighted by Gasteiger charge is -2.06. The van der Waals surface area contributed by atoms with Gasteiger partial charge in [-0.1, -0.05) is 55.9 Å². The van der Waals surface area contributed by atoms with Gasteiger partial charge in [-0.3, -0.25) is 4.79 Å². The Bertz CT molecular complexity index is 282. The predicted octanol–water partition coefficient (Wildman–Crippen LogP) is 3.29. The first-order valence-electron chi connectivity index (χ1n) is 4.95. The second-order valence-corrected chi connectivity index (χ2v) is 4.87. The van der Waals surface area contributed by atoms with Crippen LogP contribution < -0.4 is 0 Å². The molecular weight excluding hydrogens is 192 g/mol. The molecule has 0 aliphatic carbocycles. The highest BCUT2D eigenvalue weighted by Gasteiger charge is 2.08. The van der Waals surface area contributed by atoms with E-state index in [-0.39, 0.29) is 5.12 Å². The van der Waals surface area contributed by atoms with Gasteiger partial charge in [0.1, 0.15) is 0 Å². The molecule has 0 bridgehead atoms. The van der Waals surface area contributed by atoms with Crippen molar-refractivity contribution in [2.75, 3.05) is 0 Å². The number of carbonyl (C=O) groups excluding carboxylic acids is 1. The summed E-state index contributed by atoms with van der Waals surface area (Å²) in [5, 5.41) is 0.705. The van der Waals surface area contributed by atoms with E-state index in [0.717, 1.165) is 12.0 Å². The minimum atomic E-state index is 0.269. The quantitative estimate of drug-likeness (QED) is 0.755. The molecule has 0 heterocycles. The molecule has 0 aliphatic heterocycles. The van der Waals surface area contributed by atoms with Crippen LogP contribution in [0.4, 0.5) is 0 Å². The number of hydrogen-bond donors (Lipinski definition) is 0. The lowest BCUT2D eigenvalue weighted by molar-refractivity contribution is -0.110. The molecular formula is C12H16OS. The maximum atomic E-state index is 11.5. The van der Waals surface area contributed by atoms with Crippen LogP contribution >= 0.6 is 11.8 Å². The Balaban J connectivity index is 2.42. The molecule has 0 saturated heterocycles. The fourth-order valence-corrected chi connectivity index (χ4v) is 1.98. The van der Waals surface area contributed by atoms with Crippen molar-refractivity contribution in [3.8, 4) is 0 Å². The van der Waals surface area contributed by atoms with Gasteiger partial charge in [0.25, 0.3) is 0 Å². The molecule has 0 aliphatic rings. The Hall–Kier alpha value is -0.760. The van der Waals surface area contributed by atoms with Crippen LogP contribution in [-0.4, -0.2) is 10.4 Å². The van der Waals surface area contributed by atoms with E-state index in [9.17, 15) is 4.79 Å². The van der Waals surface area contributed by atoms with Crippen molar-refractivity contribution in [3.05, 3.63) is 35.9 Å². The van der Waals surface area contributed by atoms with Crippen molar-refractivity contribution in [2.45, 2.75) is 31.9 Å². The molecule has 1 rings (SSSR count). The van der Waals surface area contributed by atoms with Crippen molar-refractivity contribution in [1.29, 1.82) is 0 Å². The van der Waals surface area contributed by atoms with E-state index in [0.29, 0.717) is 11.7 Å². The molecule has 0 spiro atoms. The van der Waals surface area contributed by atoms with Crippen LogP contribution in [0, 0.1) is 0 Å². The lowest BCUT2D eigenvalue weighted by Crippen LogP contribution is -2.03. The third-order valence-corrected chi connectivity index (χ3v) is 3.24. The molecule has 1 nitrogen and oxygen atoms in total. The van der Waals surface area contributed by atoms with E-state index in [4.69, 9.17) is 0 Å². The summed E-state index contributed by atoms with van der Waals surface area (Å²) in [6.45, 7) is 4.20. The van der Waals surface area contributed by atoms with Gasteiger partial charge in [0.2, 0.25) is 0 Å². The lowest BCUT2D eigenvalue weighted by atomic mass is 10.2. The van der Waals surface area contributed by atoms with Crippen LogP contribution in [0.15, 0.2) is 30.3 Å². The van der Waals surface area contributed by atoms with Gasteiger partial charge in [0.15, 0.2) is 5.12 Å². The summed E-state index contributed by atoms with van der Waals surface area (Å²) in [6, 6.07) is 9.90. The SMILES string of the molecule is CCC(C)SC(=O)Cc1ccccc1. The molecule has 1 atom stereocenters. The van der Waals surface area contributed by atoms with Gasteiger partial charge in [-0.25, -0.2) is 0 Å². The third kappa shape index (κ3) is 3.97. The van der Waals surface area contributed by atoms with Crippen LogP contribution in [0.2, 0.25) is 0 Å². The summed E-state index contributed by atoms with van der Waals surface area (Å²) in [5.74, 6) is 0. The minimum absolute atomic E-state index is 0.269. The van der Waals surface area contributed by atoms with Gasteiger partial charge >= 0.3 is 0 Å². The Kier molecular flexibility index (Phi) is 4.74. The first-order valence-corrected chi connectivity index (χ1v) is 5.83. The van der Waals surface area contributed by atoms with E-state index >= 15 is 0 Å². The monoisotopic (exact) mass is 208 g/mol. The Labute approximate surface area is 89.9 Å². The zero-order chi connectivity index (χ0) is 10.4. The molecule has 1 aromatic rings. The van der Waals surface area contributed by atoms with Gasteiger partial charge in [-0.05, 0) is 12.0 Å². The zero-order valence-electron chi connectivity index (χ0n) is 8.69. The first-order chi connectivity index (χ1) is 6.72. The van der Waals surface area contributed by atoms with Gasteiger partial charge in [-0.15, -0.1) is 0 Å². The largest absolute Gasteiger partial charge is 0.287 e. The molecule has 0 amide bonds. The summed E-state index contributed by atoms with van der Waals surface area (Å²) >= 11 is 1.46. The normalized spacial score (nSPS) is 12.4. The average Bonchev–Trinajstić information content (AvgIpc) is 2.19. The van der Waals surface area contributed by atoms with Crippen molar-refractivity contribution >= 4 is 16.9 Å². The molecule has 0 radical (unpaired) electrons. The molecule has 76 valence electrons. The number of carbonyl (C=O) groups is 1. The van der Waals surface area contributed by atoms with Gasteiger partial charge < -0.3 is 0 Å². The van der Waals surface area contributed by atoms with E-state index < -0.39 is 0 Å². The van der Waals surface area contributed by atoms with E-state index in [1.807, 2.05) is 30.3 Å². The average molecular weight is 208 g/mol. The minimum Gasteiger partial charge on any atom is -0.287 e. The van der Waals surface area contributed by atoms with Gasteiger partial charge in [0.05, 0.1) is 0 Å². The molecule has 0 aromatic heterocycles. The second kappa shape index (κ2) is 5.86. The van der Waals surface area contributed by atoms with Crippen molar-refractivity contribution < 1.29 is 4.79 Å². The van der Waals surface area contributed by atoms with E-state index in [2.05, 4.69) is 13.8 Å². The van der Waals surface area contributed by atoms with Crippen LogP contribution in [0.1, 0.15) is 25.8 Å². The van der Waals surface area contributed by atoms with Crippen molar-refractivity contribution in [2.24, 2.45) is 0 Å². The fourth-order valence-electron chi connectivity index (χ4n) is 1.11. The number of hydrogen-bond acceptors (Lipinski definition) is 2. The smallest absolute Gasteiger partial charge is 0.193 e. The Morgan fingerprint density at radius 3 is 2.57 bits per heavy atom. The van der Waals surface area contributed by atoms with E-state index in [1.54, 1.807) is 0 Å². The van der Waals surface area contributed by atoms with E-state index in [1.165, 1.54) is 11.8 Å². The zero-order valence-corrected chi connectivity index (χ0v) is 9.51. The molecule has 1 unspecified atom stereocenters. The molecule has 2 heteroatoms. The van der Waals surface area contributed by atoms with Crippen LogP contribution in [0.25, 0.3) is 0 Å².